The van der Waals surface area contributed by atoms with Crippen molar-refractivity contribution < 1.29 is 0 Å². The van der Waals surface area contributed by atoms with Crippen LogP contribution < -0.4 is 0 Å². The molecule has 1 atom stereocenters. The van der Waals surface area contributed by atoms with Crippen LogP contribution in [0.4, 0.5) is 0 Å². The van der Waals surface area contributed by atoms with Gasteiger partial charge >= 0.3 is 0 Å². The molecule has 3 aromatic rings. The predicted molar refractivity (Wildman–Crippen MR) is 116 cm³/mol. The minimum Gasteiger partial charge on any atom is -0.336 e. The summed E-state index contributed by atoms with van der Waals surface area (Å²) in [6, 6.07) is 13.7. The lowest BCUT2D eigenvalue weighted by Crippen LogP contribution is -2.15. The van der Waals surface area contributed by atoms with Crippen LogP contribution in [-0.2, 0) is 12.3 Å². The van der Waals surface area contributed by atoms with Crippen molar-refractivity contribution in [1.82, 2.24) is 9.55 Å². The van der Waals surface area contributed by atoms with Crippen molar-refractivity contribution in [3.63, 3.8) is 0 Å². The monoisotopic (exact) mass is 442 g/mol. The summed E-state index contributed by atoms with van der Waals surface area (Å²) in [7, 11) is 0. The van der Waals surface area contributed by atoms with E-state index < -0.39 is 0 Å². The number of imidazole rings is 1. The van der Waals surface area contributed by atoms with E-state index >= 15 is 0 Å². The average Bonchev–Trinajstić information content (AvgIpc) is 3.12. The fourth-order valence-electron chi connectivity index (χ4n) is 2.39. The van der Waals surface area contributed by atoms with Crippen molar-refractivity contribution in [2.75, 3.05) is 5.75 Å². The maximum absolute atomic E-state index is 6.36. The maximum atomic E-state index is 6.36. The van der Waals surface area contributed by atoms with E-state index in [2.05, 4.69) is 21.7 Å². The van der Waals surface area contributed by atoms with Gasteiger partial charge in [-0.05, 0) is 35.9 Å². The van der Waals surface area contributed by atoms with Gasteiger partial charge in [0.2, 0.25) is 0 Å². The van der Waals surface area contributed by atoms with Crippen LogP contribution in [0.3, 0.4) is 0 Å². The quantitative estimate of drug-likeness (QED) is 0.351. The molecule has 136 valence electrons. The van der Waals surface area contributed by atoms with E-state index in [-0.39, 0.29) is 0 Å². The van der Waals surface area contributed by atoms with Gasteiger partial charge in [0.15, 0.2) is 0 Å². The Labute approximate surface area is 177 Å². The molecule has 0 saturated heterocycles. The summed E-state index contributed by atoms with van der Waals surface area (Å²) in [4.78, 5) is 5.19. The molecule has 0 bridgehead atoms. The van der Waals surface area contributed by atoms with Gasteiger partial charge in [0.05, 0.1) is 11.3 Å². The lowest BCUT2D eigenvalue weighted by atomic mass is 10.2. The molecule has 0 aliphatic rings. The molecule has 0 aliphatic heterocycles. The van der Waals surface area contributed by atoms with Crippen molar-refractivity contribution in [3.8, 4) is 0 Å². The van der Waals surface area contributed by atoms with Crippen LogP contribution in [0, 0.1) is 0 Å². The summed E-state index contributed by atoms with van der Waals surface area (Å²) in [6.07, 6.45) is 5.64. The minimum atomic E-state index is 0.361. The highest BCUT2D eigenvalue weighted by molar-refractivity contribution is 8.03. The van der Waals surface area contributed by atoms with Crippen LogP contribution in [0.5, 0.6) is 0 Å². The molecular formula is C19H17Cl3N2S2. The Morgan fingerprint density at radius 2 is 1.77 bits per heavy atom. The molecule has 1 heterocycles. The van der Waals surface area contributed by atoms with Gasteiger partial charge in [0, 0.05) is 50.6 Å². The maximum Gasteiger partial charge on any atom is 0.0946 e. The Bertz CT molecular complexity index is 823. The van der Waals surface area contributed by atoms with Crippen molar-refractivity contribution in [3.05, 3.63) is 81.8 Å². The predicted octanol–water partition coefficient (Wildman–Crippen LogP) is 6.94. The zero-order valence-corrected chi connectivity index (χ0v) is 17.7. The largest absolute Gasteiger partial charge is 0.336 e. The zero-order chi connectivity index (χ0) is 18.4. The van der Waals surface area contributed by atoms with Crippen molar-refractivity contribution in [2.24, 2.45) is 0 Å². The summed E-state index contributed by atoms with van der Waals surface area (Å²) in [6.45, 7) is 0.872. The van der Waals surface area contributed by atoms with Gasteiger partial charge in [-0.3, -0.25) is 0 Å². The fraction of sp³-hybridized carbons (Fsp3) is 0.211. The van der Waals surface area contributed by atoms with Crippen LogP contribution in [-0.4, -0.2) is 20.6 Å². The van der Waals surface area contributed by atoms with E-state index in [0.29, 0.717) is 15.3 Å². The Hall–Kier alpha value is -0.780. The molecule has 0 amide bonds. The molecule has 1 unspecified atom stereocenters. The van der Waals surface area contributed by atoms with Crippen LogP contribution in [0.25, 0.3) is 0 Å². The van der Waals surface area contributed by atoms with Gasteiger partial charge in [-0.2, -0.15) is 11.8 Å². The van der Waals surface area contributed by atoms with Crippen molar-refractivity contribution in [2.45, 2.75) is 22.4 Å². The molecule has 7 heteroatoms. The Morgan fingerprint density at radius 3 is 2.46 bits per heavy atom. The number of benzene rings is 2. The normalized spacial score (nSPS) is 12.3. The van der Waals surface area contributed by atoms with Gasteiger partial charge in [-0.15, -0.1) is 11.8 Å². The summed E-state index contributed by atoms with van der Waals surface area (Å²) >= 11 is 22.0. The second kappa shape index (κ2) is 9.95. The molecule has 2 aromatic carbocycles. The third-order valence-electron chi connectivity index (χ3n) is 3.65. The van der Waals surface area contributed by atoms with Gasteiger partial charge in [-0.25, -0.2) is 4.98 Å². The Morgan fingerprint density at radius 1 is 1.00 bits per heavy atom. The summed E-state index contributed by atoms with van der Waals surface area (Å²) in [5, 5.41) is 2.48. The average molecular weight is 444 g/mol. The molecule has 1 aromatic heterocycles. The smallest absolute Gasteiger partial charge is 0.0946 e. The van der Waals surface area contributed by atoms with Crippen molar-refractivity contribution in [1.29, 1.82) is 0 Å². The lowest BCUT2D eigenvalue weighted by molar-refractivity contribution is 0.695. The molecule has 0 spiro atoms. The highest BCUT2D eigenvalue weighted by Gasteiger charge is 2.14. The van der Waals surface area contributed by atoms with E-state index in [1.807, 2.05) is 48.6 Å². The van der Waals surface area contributed by atoms with Crippen LogP contribution in [0.1, 0.15) is 5.56 Å². The van der Waals surface area contributed by atoms with Crippen LogP contribution >= 0.6 is 58.3 Å². The van der Waals surface area contributed by atoms with Gasteiger partial charge in [0.25, 0.3) is 0 Å². The molecule has 2 nitrogen and oxygen atoms in total. The number of aromatic nitrogens is 2. The molecule has 0 radical (unpaired) electrons. The highest BCUT2D eigenvalue weighted by Crippen LogP contribution is 2.34. The lowest BCUT2D eigenvalue weighted by Gasteiger charge is -2.18. The third-order valence-corrected chi connectivity index (χ3v) is 7.20. The highest BCUT2D eigenvalue weighted by atomic mass is 35.5. The first-order chi connectivity index (χ1) is 12.6. The summed E-state index contributed by atoms with van der Waals surface area (Å²) in [5.74, 6) is 1.94. The molecule has 0 saturated carbocycles. The number of thioether (sulfide) groups is 2. The van der Waals surface area contributed by atoms with Crippen LogP contribution in [0.2, 0.25) is 15.1 Å². The molecule has 26 heavy (non-hydrogen) atoms. The van der Waals surface area contributed by atoms with Gasteiger partial charge in [-0.1, -0.05) is 46.9 Å². The van der Waals surface area contributed by atoms with Gasteiger partial charge in [0.1, 0.15) is 0 Å². The van der Waals surface area contributed by atoms with E-state index in [4.69, 9.17) is 34.8 Å². The Kier molecular flexibility index (Phi) is 7.64. The zero-order valence-electron chi connectivity index (χ0n) is 13.8. The third kappa shape index (κ3) is 6.14. The SMILES string of the molecule is Clc1ccc(CSCC(Cn2ccnc2)Sc2ccc(Cl)cc2Cl)cc1. The molecule has 0 fully saturated rings. The molecule has 0 aliphatic carbocycles. The summed E-state index contributed by atoms with van der Waals surface area (Å²) < 4.78 is 2.10. The number of hydrogen-bond acceptors (Lipinski definition) is 3. The first-order valence-corrected chi connectivity index (χ1v) is 11.2. The first-order valence-electron chi connectivity index (χ1n) is 8.00. The van der Waals surface area contributed by atoms with E-state index in [0.717, 1.165) is 28.0 Å². The van der Waals surface area contributed by atoms with Gasteiger partial charge < -0.3 is 4.57 Å². The van der Waals surface area contributed by atoms with Crippen molar-refractivity contribution >= 4 is 58.3 Å². The first kappa shape index (κ1) is 20.0. The topological polar surface area (TPSA) is 17.8 Å². The van der Waals surface area contributed by atoms with Crippen LogP contribution in [0.15, 0.2) is 66.1 Å². The molecule has 3 rings (SSSR count). The Balaban J connectivity index is 1.63. The number of halogens is 3. The fourth-order valence-corrected chi connectivity index (χ4v) is 5.46. The second-order valence-corrected chi connectivity index (χ2v) is 9.37. The molecule has 0 N–H and O–H groups in total. The van der Waals surface area contributed by atoms with E-state index in [1.54, 1.807) is 24.0 Å². The van der Waals surface area contributed by atoms with E-state index in [1.165, 1.54) is 5.56 Å². The standard InChI is InChI=1S/C19H17Cl3N2S2/c20-15-3-1-14(2-4-15)11-25-12-17(10-24-8-7-23-13-24)26-19-6-5-16(21)9-18(19)22/h1-9,13,17H,10-12H2. The summed E-state index contributed by atoms with van der Waals surface area (Å²) in [5.41, 5.74) is 1.27. The number of rotatable bonds is 8. The number of nitrogens with zero attached hydrogens (tertiary/aromatic N) is 2. The minimum absolute atomic E-state index is 0.361. The molecular weight excluding hydrogens is 427 g/mol. The number of hydrogen-bond donors (Lipinski definition) is 0. The second-order valence-electron chi connectivity index (χ2n) is 5.72. The van der Waals surface area contributed by atoms with E-state index in [9.17, 15) is 0 Å².